The Morgan fingerprint density at radius 3 is 2.80 bits per heavy atom. The maximum Gasteiger partial charge on any atom is 0.167 e. The van der Waals surface area contributed by atoms with Crippen LogP contribution < -0.4 is 5.73 Å². The first-order valence-corrected chi connectivity index (χ1v) is 5.92. The van der Waals surface area contributed by atoms with Gasteiger partial charge in [0.2, 0.25) is 0 Å². The van der Waals surface area contributed by atoms with Gasteiger partial charge in [-0.25, -0.2) is 4.98 Å². The first kappa shape index (κ1) is 9.33. The number of fused-ring (bicyclic) bond motifs is 2. The van der Waals surface area contributed by atoms with E-state index in [1.54, 1.807) is 0 Å². The van der Waals surface area contributed by atoms with Crippen molar-refractivity contribution < 1.29 is 0 Å². The van der Waals surface area contributed by atoms with Crippen LogP contribution in [0.2, 0.25) is 0 Å². The Morgan fingerprint density at radius 2 is 2.27 bits per heavy atom. The lowest BCUT2D eigenvalue weighted by atomic mass is 9.88. The second-order valence-corrected chi connectivity index (χ2v) is 5.15. The Kier molecular flexibility index (Phi) is 2.06. The van der Waals surface area contributed by atoms with Gasteiger partial charge in [-0.05, 0) is 38.0 Å². The van der Waals surface area contributed by atoms with Crippen molar-refractivity contribution in [3.8, 4) is 0 Å². The van der Waals surface area contributed by atoms with E-state index in [0.717, 1.165) is 23.5 Å². The van der Waals surface area contributed by atoms with Crippen molar-refractivity contribution in [2.45, 2.75) is 44.6 Å². The molecule has 1 aromatic rings. The van der Waals surface area contributed by atoms with Crippen LogP contribution in [-0.2, 0) is 0 Å². The summed E-state index contributed by atoms with van der Waals surface area (Å²) in [5.74, 6) is 4.26. The van der Waals surface area contributed by atoms with Crippen molar-refractivity contribution in [2.75, 3.05) is 0 Å². The highest BCUT2D eigenvalue weighted by Gasteiger charge is 2.41. The van der Waals surface area contributed by atoms with Crippen molar-refractivity contribution in [2.24, 2.45) is 17.6 Å². The molecular weight excluding hydrogens is 188 g/mol. The van der Waals surface area contributed by atoms with E-state index in [-0.39, 0.29) is 6.04 Å². The summed E-state index contributed by atoms with van der Waals surface area (Å²) >= 11 is 0. The quantitative estimate of drug-likeness (QED) is 0.774. The zero-order valence-corrected chi connectivity index (χ0v) is 9.11. The first-order chi connectivity index (χ1) is 7.24. The molecule has 0 spiro atoms. The van der Waals surface area contributed by atoms with E-state index in [4.69, 9.17) is 5.73 Å². The van der Waals surface area contributed by atoms with Crippen molar-refractivity contribution in [3.05, 3.63) is 11.6 Å². The molecule has 2 saturated carbocycles. The minimum atomic E-state index is -0.0615. The van der Waals surface area contributed by atoms with Crippen LogP contribution in [0.25, 0.3) is 0 Å². The summed E-state index contributed by atoms with van der Waals surface area (Å²) in [5.41, 5.74) is 5.76. The molecule has 1 aromatic heterocycles. The van der Waals surface area contributed by atoms with Gasteiger partial charge < -0.3 is 5.73 Å². The molecule has 0 saturated heterocycles. The molecule has 4 unspecified atom stereocenters. The lowest BCUT2D eigenvalue weighted by molar-refractivity contribution is 0.406. The third kappa shape index (κ3) is 1.47. The molecule has 3 N–H and O–H groups in total. The maximum absolute atomic E-state index is 5.76. The number of rotatable bonds is 2. The molecule has 2 fully saturated rings. The summed E-state index contributed by atoms with van der Waals surface area (Å²) in [7, 11) is 0. The summed E-state index contributed by atoms with van der Waals surface area (Å²) in [6.45, 7) is 1.92. The fourth-order valence-corrected chi connectivity index (χ4v) is 3.24. The van der Waals surface area contributed by atoms with Crippen molar-refractivity contribution in [1.29, 1.82) is 0 Å². The molecule has 4 nitrogen and oxygen atoms in total. The summed E-state index contributed by atoms with van der Waals surface area (Å²) in [5, 5.41) is 7.26. The SMILES string of the molecule is CC(N)c1n[nH]c(C2CC3CCC2C3)n1. The molecule has 82 valence electrons. The monoisotopic (exact) mass is 206 g/mol. The van der Waals surface area contributed by atoms with Gasteiger partial charge in [0.25, 0.3) is 0 Å². The predicted octanol–water partition coefficient (Wildman–Crippen LogP) is 1.73. The average Bonchev–Trinajstić information content (AvgIpc) is 2.93. The highest BCUT2D eigenvalue weighted by atomic mass is 15.2. The molecular formula is C11H18N4. The van der Waals surface area contributed by atoms with Crippen molar-refractivity contribution in [1.82, 2.24) is 15.2 Å². The molecule has 0 aromatic carbocycles. The predicted molar refractivity (Wildman–Crippen MR) is 57.2 cm³/mol. The second kappa shape index (κ2) is 3.30. The maximum atomic E-state index is 5.76. The fraction of sp³-hybridized carbons (Fsp3) is 0.818. The fourth-order valence-electron chi connectivity index (χ4n) is 3.24. The molecule has 1 heterocycles. The lowest BCUT2D eigenvalue weighted by Gasteiger charge is -2.18. The van der Waals surface area contributed by atoms with Gasteiger partial charge in [0, 0.05) is 5.92 Å². The van der Waals surface area contributed by atoms with Crippen LogP contribution in [0, 0.1) is 11.8 Å². The minimum Gasteiger partial charge on any atom is -0.321 e. The standard InChI is InChI=1S/C11H18N4/c1-6(12)10-13-11(15-14-10)9-5-7-2-3-8(9)4-7/h6-9H,2-5,12H2,1H3,(H,13,14,15). The van der Waals surface area contributed by atoms with E-state index in [1.807, 2.05) is 6.92 Å². The topological polar surface area (TPSA) is 67.6 Å². The van der Waals surface area contributed by atoms with Crippen LogP contribution in [0.3, 0.4) is 0 Å². The molecule has 15 heavy (non-hydrogen) atoms. The van der Waals surface area contributed by atoms with Gasteiger partial charge in [-0.1, -0.05) is 6.42 Å². The number of H-pyrrole nitrogens is 1. The molecule has 0 radical (unpaired) electrons. The van der Waals surface area contributed by atoms with Crippen LogP contribution >= 0.6 is 0 Å². The summed E-state index contributed by atoms with van der Waals surface area (Å²) < 4.78 is 0. The molecule has 4 atom stereocenters. The number of hydrogen-bond acceptors (Lipinski definition) is 3. The van der Waals surface area contributed by atoms with E-state index >= 15 is 0 Å². The highest BCUT2D eigenvalue weighted by Crippen LogP contribution is 2.52. The van der Waals surface area contributed by atoms with Gasteiger partial charge in [0.1, 0.15) is 5.82 Å². The van der Waals surface area contributed by atoms with Crippen LogP contribution in [0.15, 0.2) is 0 Å². The minimum absolute atomic E-state index is 0.0615. The van der Waals surface area contributed by atoms with Gasteiger partial charge in [0.15, 0.2) is 5.82 Å². The number of nitrogens with two attached hydrogens (primary N) is 1. The van der Waals surface area contributed by atoms with Crippen LogP contribution in [-0.4, -0.2) is 15.2 Å². The Hall–Kier alpha value is -0.900. The van der Waals surface area contributed by atoms with Crippen LogP contribution in [0.1, 0.15) is 56.2 Å². The van der Waals surface area contributed by atoms with Gasteiger partial charge in [-0.3, -0.25) is 5.10 Å². The van der Waals surface area contributed by atoms with E-state index in [0.29, 0.717) is 5.92 Å². The number of nitrogens with one attached hydrogen (secondary N) is 1. The summed E-state index contributed by atoms with van der Waals surface area (Å²) in [6.07, 6.45) is 5.51. The molecule has 0 aliphatic heterocycles. The molecule has 2 aliphatic rings. The van der Waals surface area contributed by atoms with Crippen molar-refractivity contribution in [3.63, 3.8) is 0 Å². The Labute approximate surface area is 89.7 Å². The largest absolute Gasteiger partial charge is 0.321 e. The number of aromatic amines is 1. The van der Waals surface area contributed by atoms with Gasteiger partial charge in [0.05, 0.1) is 6.04 Å². The average molecular weight is 206 g/mol. The molecule has 3 rings (SSSR count). The van der Waals surface area contributed by atoms with E-state index in [2.05, 4.69) is 15.2 Å². The van der Waals surface area contributed by atoms with E-state index in [1.165, 1.54) is 25.7 Å². The molecule has 4 heteroatoms. The Bertz CT molecular complexity index is 357. The Morgan fingerprint density at radius 1 is 1.40 bits per heavy atom. The van der Waals surface area contributed by atoms with Gasteiger partial charge in [-0.2, -0.15) is 5.10 Å². The molecule has 0 amide bonds. The number of aromatic nitrogens is 3. The van der Waals surface area contributed by atoms with Crippen LogP contribution in [0.4, 0.5) is 0 Å². The van der Waals surface area contributed by atoms with Crippen molar-refractivity contribution >= 4 is 0 Å². The normalized spacial score (nSPS) is 36.0. The second-order valence-electron chi connectivity index (χ2n) is 5.15. The summed E-state index contributed by atoms with van der Waals surface area (Å²) in [6, 6.07) is -0.0615. The highest BCUT2D eigenvalue weighted by molar-refractivity contribution is 5.08. The van der Waals surface area contributed by atoms with Gasteiger partial charge >= 0.3 is 0 Å². The number of nitrogens with zero attached hydrogens (tertiary/aromatic N) is 2. The first-order valence-electron chi connectivity index (χ1n) is 5.92. The van der Waals surface area contributed by atoms with Gasteiger partial charge in [-0.15, -0.1) is 0 Å². The summed E-state index contributed by atoms with van der Waals surface area (Å²) in [4.78, 5) is 4.52. The lowest BCUT2D eigenvalue weighted by Crippen LogP contribution is -2.11. The third-order valence-electron chi connectivity index (χ3n) is 4.02. The van der Waals surface area contributed by atoms with Crippen LogP contribution in [0.5, 0.6) is 0 Å². The van der Waals surface area contributed by atoms with E-state index in [9.17, 15) is 0 Å². The Balaban J connectivity index is 1.81. The zero-order chi connectivity index (χ0) is 10.4. The zero-order valence-electron chi connectivity index (χ0n) is 9.11. The van der Waals surface area contributed by atoms with E-state index < -0.39 is 0 Å². The number of hydrogen-bond donors (Lipinski definition) is 2. The molecule has 2 bridgehead atoms. The third-order valence-corrected chi connectivity index (χ3v) is 4.02. The smallest absolute Gasteiger partial charge is 0.167 e. The molecule has 2 aliphatic carbocycles.